The van der Waals surface area contributed by atoms with Crippen molar-refractivity contribution in [2.24, 2.45) is 0 Å². The monoisotopic (exact) mass is 265 g/mol. The number of halogens is 1. The summed E-state index contributed by atoms with van der Waals surface area (Å²) in [6.07, 6.45) is 3.11. The number of benzene rings is 1. The summed E-state index contributed by atoms with van der Waals surface area (Å²) in [5.74, 6) is 0.868. The van der Waals surface area contributed by atoms with Gasteiger partial charge in [0, 0.05) is 31.3 Å². The summed E-state index contributed by atoms with van der Waals surface area (Å²) in [4.78, 5) is 0. The molecular weight excluding hydrogens is 250 g/mol. The number of hydrogen-bond donors (Lipinski definition) is 1. The van der Waals surface area contributed by atoms with E-state index in [2.05, 4.69) is 16.6 Å². The molecule has 2 heterocycles. The number of nitrogens with one attached hydrogen (secondary N) is 1. The predicted molar refractivity (Wildman–Crippen MR) is 72.8 cm³/mol. The van der Waals surface area contributed by atoms with Crippen molar-refractivity contribution in [1.82, 2.24) is 15.1 Å². The molecule has 2 aromatic rings. The van der Waals surface area contributed by atoms with Gasteiger partial charge in [-0.1, -0.05) is 0 Å². The summed E-state index contributed by atoms with van der Waals surface area (Å²) in [6, 6.07) is 7.94. The summed E-state index contributed by atoms with van der Waals surface area (Å²) < 4.78 is 7.09. The van der Waals surface area contributed by atoms with Crippen molar-refractivity contribution in [3.05, 3.63) is 41.7 Å². The van der Waals surface area contributed by atoms with E-state index in [4.69, 9.17) is 4.74 Å². The lowest BCUT2D eigenvalue weighted by atomic mass is 10.1. The Kier molecular flexibility index (Phi) is 3.89. The molecule has 4 nitrogen and oxygen atoms in total. The normalized spacial score (nSPS) is 13.6. The zero-order valence-electron chi connectivity index (χ0n) is 10.2. The van der Waals surface area contributed by atoms with E-state index in [1.54, 1.807) is 7.11 Å². The van der Waals surface area contributed by atoms with E-state index in [0.717, 1.165) is 30.9 Å². The molecule has 1 N–H and O–H groups in total. The Morgan fingerprint density at radius 1 is 1.28 bits per heavy atom. The first-order valence-corrected chi connectivity index (χ1v) is 5.79. The maximum atomic E-state index is 5.15. The highest BCUT2D eigenvalue weighted by molar-refractivity contribution is 5.85. The molecule has 1 aliphatic rings. The molecule has 1 aliphatic heterocycles. The van der Waals surface area contributed by atoms with Crippen molar-refractivity contribution in [1.29, 1.82) is 0 Å². The number of rotatable bonds is 2. The van der Waals surface area contributed by atoms with E-state index >= 15 is 0 Å². The quantitative estimate of drug-likeness (QED) is 0.902. The maximum Gasteiger partial charge on any atom is 0.119 e. The molecule has 0 amide bonds. The highest BCUT2D eigenvalue weighted by atomic mass is 35.5. The second-order valence-electron chi connectivity index (χ2n) is 4.17. The van der Waals surface area contributed by atoms with Gasteiger partial charge in [-0.05, 0) is 24.3 Å². The number of aromatic nitrogens is 2. The molecule has 3 rings (SSSR count). The zero-order valence-corrected chi connectivity index (χ0v) is 11.0. The van der Waals surface area contributed by atoms with Crippen molar-refractivity contribution in [3.8, 4) is 11.4 Å². The third kappa shape index (κ3) is 2.35. The number of nitrogens with zero attached hydrogens (tertiary/aromatic N) is 2. The van der Waals surface area contributed by atoms with Gasteiger partial charge in [0.2, 0.25) is 0 Å². The van der Waals surface area contributed by atoms with Crippen LogP contribution in [0.15, 0.2) is 30.5 Å². The highest BCUT2D eigenvalue weighted by Gasteiger charge is 2.13. The lowest BCUT2D eigenvalue weighted by Crippen LogP contribution is -2.22. The Hall–Kier alpha value is -1.52. The highest BCUT2D eigenvalue weighted by Crippen LogP contribution is 2.18. The summed E-state index contributed by atoms with van der Waals surface area (Å²) in [7, 11) is 1.67. The Balaban J connectivity index is 0.00000120. The van der Waals surface area contributed by atoms with Crippen LogP contribution in [-0.4, -0.2) is 23.4 Å². The Labute approximate surface area is 112 Å². The van der Waals surface area contributed by atoms with Crippen LogP contribution in [-0.2, 0) is 13.0 Å². The first kappa shape index (κ1) is 12.9. The number of methoxy groups -OCH3 is 1. The van der Waals surface area contributed by atoms with Crippen LogP contribution in [0.25, 0.3) is 5.69 Å². The van der Waals surface area contributed by atoms with E-state index in [9.17, 15) is 0 Å². The lowest BCUT2D eigenvalue weighted by molar-refractivity contribution is 0.414. The van der Waals surface area contributed by atoms with Crippen LogP contribution in [0, 0.1) is 0 Å². The first-order chi connectivity index (χ1) is 8.36. The van der Waals surface area contributed by atoms with Gasteiger partial charge in [-0.25, -0.2) is 4.68 Å². The standard InChI is InChI=1S/C13H15N3O.ClH/c1-17-12-4-2-11(3-5-12)16-9-10-8-14-7-6-13(10)15-16;/h2-5,9,14H,6-8H2,1H3;1H. The van der Waals surface area contributed by atoms with Crippen molar-refractivity contribution >= 4 is 12.4 Å². The van der Waals surface area contributed by atoms with E-state index in [1.807, 2.05) is 28.9 Å². The lowest BCUT2D eigenvalue weighted by Gasteiger charge is -2.09. The van der Waals surface area contributed by atoms with Gasteiger partial charge in [0.25, 0.3) is 0 Å². The van der Waals surface area contributed by atoms with Crippen molar-refractivity contribution in [2.75, 3.05) is 13.7 Å². The van der Waals surface area contributed by atoms with Crippen LogP contribution < -0.4 is 10.1 Å². The smallest absolute Gasteiger partial charge is 0.119 e. The second kappa shape index (κ2) is 5.42. The van der Waals surface area contributed by atoms with Crippen LogP contribution in [0.4, 0.5) is 0 Å². The molecule has 5 heteroatoms. The van der Waals surface area contributed by atoms with Crippen LogP contribution >= 0.6 is 12.4 Å². The largest absolute Gasteiger partial charge is 0.497 e. The number of fused-ring (bicyclic) bond motifs is 1. The molecule has 0 saturated carbocycles. The van der Waals surface area contributed by atoms with Gasteiger partial charge < -0.3 is 10.1 Å². The fourth-order valence-electron chi connectivity index (χ4n) is 2.10. The Morgan fingerprint density at radius 3 is 2.72 bits per heavy atom. The summed E-state index contributed by atoms with van der Waals surface area (Å²) in [6.45, 7) is 1.94. The SMILES string of the molecule is COc1ccc(-n2cc3c(n2)CCNC3)cc1.Cl. The number of hydrogen-bond acceptors (Lipinski definition) is 3. The van der Waals surface area contributed by atoms with Gasteiger partial charge in [0.1, 0.15) is 5.75 Å². The minimum absolute atomic E-state index is 0. The molecule has 0 unspecified atom stereocenters. The average molecular weight is 266 g/mol. The number of ether oxygens (including phenoxy) is 1. The fraction of sp³-hybridized carbons (Fsp3) is 0.308. The van der Waals surface area contributed by atoms with E-state index in [0.29, 0.717) is 0 Å². The zero-order chi connectivity index (χ0) is 11.7. The van der Waals surface area contributed by atoms with Crippen molar-refractivity contribution < 1.29 is 4.74 Å². The van der Waals surface area contributed by atoms with Crippen molar-refractivity contribution in [2.45, 2.75) is 13.0 Å². The maximum absolute atomic E-state index is 5.15. The molecule has 0 fully saturated rings. The van der Waals surface area contributed by atoms with Gasteiger partial charge in [0.15, 0.2) is 0 Å². The molecule has 0 bridgehead atoms. The van der Waals surface area contributed by atoms with E-state index in [1.165, 1.54) is 11.3 Å². The molecule has 0 aliphatic carbocycles. The topological polar surface area (TPSA) is 39.1 Å². The first-order valence-electron chi connectivity index (χ1n) is 5.79. The van der Waals surface area contributed by atoms with Crippen LogP contribution in [0.3, 0.4) is 0 Å². The molecular formula is C13H16ClN3O. The molecule has 0 spiro atoms. The third-order valence-electron chi connectivity index (χ3n) is 3.07. The summed E-state index contributed by atoms with van der Waals surface area (Å²) in [5, 5.41) is 7.96. The predicted octanol–water partition coefficient (Wildman–Crippen LogP) is 1.95. The van der Waals surface area contributed by atoms with Crippen LogP contribution in [0.5, 0.6) is 5.75 Å². The molecule has 0 saturated heterocycles. The molecule has 0 radical (unpaired) electrons. The minimum Gasteiger partial charge on any atom is -0.497 e. The molecule has 18 heavy (non-hydrogen) atoms. The molecule has 1 aromatic carbocycles. The fourth-order valence-corrected chi connectivity index (χ4v) is 2.10. The van der Waals surface area contributed by atoms with Crippen LogP contribution in [0.2, 0.25) is 0 Å². The summed E-state index contributed by atoms with van der Waals surface area (Å²) >= 11 is 0. The third-order valence-corrected chi connectivity index (χ3v) is 3.07. The Morgan fingerprint density at radius 2 is 2.06 bits per heavy atom. The summed E-state index contributed by atoms with van der Waals surface area (Å²) in [5.41, 5.74) is 3.58. The van der Waals surface area contributed by atoms with E-state index < -0.39 is 0 Å². The van der Waals surface area contributed by atoms with Gasteiger partial charge in [-0.15, -0.1) is 12.4 Å². The molecule has 96 valence electrons. The van der Waals surface area contributed by atoms with E-state index in [-0.39, 0.29) is 12.4 Å². The van der Waals surface area contributed by atoms with Gasteiger partial charge in [0.05, 0.1) is 18.5 Å². The van der Waals surface area contributed by atoms with Crippen molar-refractivity contribution in [3.63, 3.8) is 0 Å². The Bertz CT molecular complexity index is 498. The molecule has 1 aromatic heterocycles. The van der Waals surface area contributed by atoms with Gasteiger partial charge in [-0.3, -0.25) is 0 Å². The molecule has 0 atom stereocenters. The van der Waals surface area contributed by atoms with Gasteiger partial charge >= 0.3 is 0 Å². The minimum atomic E-state index is 0. The average Bonchev–Trinajstić information content (AvgIpc) is 2.82. The van der Waals surface area contributed by atoms with Crippen LogP contribution in [0.1, 0.15) is 11.3 Å². The second-order valence-corrected chi connectivity index (χ2v) is 4.17. The van der Waals surface area contributed by atoms with Gasteiger partial charge in [-0.2, -0.15) is 5.10 Å².